The zero-order valence-corrected chi connectivity index (χ0v) is 25.6. The Bertz CT molecular complexity index is 548. The van der Waals surface area contributed by atoms with E-state index in [0.717, 1.165) is 115 Å². The van der Waals surface area contributed by atoms with Crippen molar-refractivity contribution in [3.63, 3.8) is 0 Å². The first-order valence-electron chi connectivity index (χ1n) is 15.0. The molecule has 214 valence electrons. The first-order valence-corrected chi connectivity index (χ1v) is 19.3. The van der Waals surface area contributed by atoms with Crippen LogP contribution in [0.25, 0.3) is 0 Å². The summed E-state index contributed by atoms with van der Waals surface area (Å²) in [5.41, 5.74) is 0. The van der Waals surface area contributed by atoms with E-state index in [1.54, 1.807) is 0 Å². The summed E-state index contributed by atoms with van der Waals surface area (Å²) in [4.78, 5) is 0. The Labute approximate surface area is 219 Å². The third-order valence-corrected chi connectivity index (χ3v) is 16.0. The molecular formula is C28H61O5PS. The Hall–Kier alpha value is 0.260. The molecule has 1 N–H and O–H groups in total. The van der Waals surface area contributed by atoms with Gasteiger partial charge in [0.05, 0.1) is 0 Å². The number of rotatable bonds is 27. The summed E-state index contributed by atoms with van der Waals surface area (Å²) >= 11 is 0. The summed E-state index contributed by atoms with van der Waals surface area (Å²) in [6.07, 6.45) is 22.4. The summed E-state index contributed by atoms with van der Waals surface area (Å²) < 4.78 is 38.3. The Morgan fingerprint density at radius 1 is 0.543 bits per heavy atom. The molecule has 0 saturated carbocycles. The van der Waals surface area contributed by atoms with Gasteiger partial charge in [0.15, 0.2) is 0 Å². The van der Waals surface area contributed by atoms with E-state index >= 15 is 0 Å². The van der Waals surface area contributed by atoms with Crippen LogP contribution in [-0.2, 0) is 18.6 Å². The predicted octanol–water partition coefficient (Wildman–Crippen LogP) is 8.83. The third kappa shape index (κ3) is 16.7. The predicted molar refractivity (Wildman–Crippen MR) is 155 cm³/mol. The van der Waals surface area contributed by atoms with Gasteiger partial charge >= 0.3 is 220 Å². The van der Waals surface area contributed by atoms with Gasteiger partial charge in [-0.05, 0) is 0 Å². The normalized spacial score (nSPS) is 13.7. The Balaban J connectivity index is 5.64. The molecule has 0 unspecified atom stereocenters. The van der Waals surface area contributed by atoms with Crippen molar-refractivity contribution < 1.29 is 21.7 Å². The molecule has 7 heteroatoms. The first-order chi connectivity index (χ1) is 16.8. The molecule has 0 aromatic carbocycles. The molecule has 0 radical (unpaired) electrons. The quantitative estimate of drug-likeness (QED) is 0.0832. The average molecular weight is 541 g/mol. The van der Waals surface area contributed by atoms with Crippen LogP contribution in [0.2, 0.25) is 0 Å². The number of hydrogen-bond acceptors (Lipinski definition) is 5. The van der Waals surface area contributed by atoms with Gasteiger partial charge in [-0.2, -0.15) is 0 Å². The molecule has 0 amide bonds. The molecule has 0 aliphatic carbocycles. The van der Waals surface area contributed by atoms with Gasteiger partial charge < -0.3 is 0 Å². The van der Waals surface area contributed by atoms with Crippen LogP contribution in [0.5, 0.6) is 0 Å². The van der Waals surface area contributed by atoms with Gasteiger partial charge in [0, 0.05) is 0 Å². The molecule has 0 heterocycles. The van der Waals surface area contributed by atoms with Crippen LogP contribution in [0.1, 0.15) is 143 Å². The van der Waals surface area contributed by atoms with Crippen molar-refractivity contribution in [2.75, 3.05) is 37.9 Å². The van der Waals surface area contributed by atoms with Crippen molar-refractivity contribution in [3.8, 4) is 0 Å². The molecule has 0 aromatic heterocycles. The molecule has 0 fully saturated rings. The van der Waals surface area contributed by atoms with Gasteiger partial charge in [-0.15, -0.1) is 0 Å². The monoisotopic (exact) mass is 540 g/mol. The summed E-state index contributed by atoms with van der Waals surface area (Å²) in [6.45, 7) is 5.77. The topological polar surface area (TPSA) is 72.8 Å². The van der Waals surface area contributed by atoms with E-state index in [9.17, 15) is 13.5 Å². The maximum atomic E-state index is 13.2. The molecule has 0 aliphatic rings. The van der Waals surface area contributed by atoms with Crippen molar-refractivity contribution in [1.29, 1.82) is 0 Å². The van der Waals surface area contributed by atoms with Crippen molar-refractivity contribution in [2.24, 2.45) is 0 Å². The minimum atomic E-state index is -4.10. The standard InChI is InChI=1S/C28H61O5PS/c1-5-9-13-17-18-19-24-32-35(30,31)33-34(28-23-29,25-20-14-10-6-2,26-21-15-11-7-3)27-22-16-12-8-4/h29H,5-28H2,1-4H3. The molecular weight excluding hydrogens is 479 g/mol. The van der Waals surface area contributed by atoms with Crippen LogP contribution < -0.4 is 0 Å². The molecule has 0 atom stereocenters. The van der Waals surface area contributed by atoms with Crippen LogP contribution in [-0.4, -0.2) is 51.4 Å². The third-order valence-electron chi connectivity index (χ3n) is 7.43. The van der Waals surface area contributed by atoms with Gasteiger partial charge in [0.25, 0.3) is 0 Å². The fourth-order valence-electron chi connectivity index (χ4n) is 5.21. The van der Waals surface area contributed by atoms with Crippen molar-refractivity contribution in [2.45, 2.75) is 143 Å². The van der Waals surface area contributed by atoms with E-state index in [-0.39, 0.29) is 13.2 Å². The van der Waals surface area contributed by atoms with Crippen LogP contribution in [0, 0.1) is 0 Å². The Morgan fingerprint density at radius 2 is 0.914 bits per heavy atom. The summed E-state index contributed by atoms with van der Waals surface area (Å²) in [6, 6.07) is 0. The number of unbranched alkanes of at least 4 members (excludes halogenated alkanes) is 14. The first kappa shape index (κ1) is 35.3. The molecule has 0 aliphatic heterocycles. The minimum absolute atomic E-state index is 0.0138. The maximum absolute atomic E-state index is 13.2. The SMILES string of the molecule is CCCCCCCCOS(=O)(=O)OP(CCO)(CCCCCC)(CCCCCC)CCCCCC. The van der Waals surface area contributed by atoms with E-state index in [2.05, 4.69) is 27.7 Å². The molecule has 0 saturated heterocycles. The Kier molecular flexibility index (Phi) is 21.4. The summed E-state index contributed by atoms with van der Waals surface area (Å²) in [5, 5.41) is 10.2. The van der Waals surface area contributed by atoms with E-state index in [0.29, 0.717) is 6.16 Å². The van der Waals surface area contributed by atoms with Gasteiger partial charge in [0.1, 0.15) is 0 Å². The Morgan fingerprint density at radius 3 is 1.31 bits per heavy atom. The summed E-state index contributed by atoms with van der Waals surface area (Å²) in [7, 11) is -4.10. The van der Waals surface area contributed by atoms with Crippen molar-refractivity contribution in [1.82, 2.24) is 0 Å². The molecule has 0 bridgehead atoms. The van der Waals surface area contributed by atoms with Gasteiger partial charge in [-0.1, -0.05) is 0 Å². The number of aliphatic hydroxyl groups is 1. The second kappa shape index (κ2) is 21.2. The van der Waals surface area contributed by atoms with Crippen molar-refractivity contribution >= 4 is 17.2 Å². The second-order valence-corrected chi connectivity index (χ2v) is 17.9. The van der Waals surface area contributed by atoms with Gasteiger partial charge in [-0.25, -0.2) is 0 Å². The molecule has 5 nitrogen and oxygen atoms in total. The molecule has 35 heavy (non-hydrogen) atoms. The zero-order valence-electron chi connectivity index (χ0n) is 23.9. The number of hydrogen-bond donors (Lipinski definition) is 1. The second-order valence-electron chi connectivity index (χ2n) is 10.7. The molecule has 0 rings (SSSR count). The number of aliphatic hydroxyl groups excluding tert-OH is 1. The van der Waals surface area contributed by atoms with E-state index in [1.165, 1.54) is 19.3 Å². The van der Waals surface area contributed by atoms with E-state index in [1.807, 2.05) is 0 Å². The van der Waals surface area contributed by atoms with E-state index < -0.39 is 17.2 Å². The molecule has 0 aromatic rings. The average Bonchev–Trinajstić information content (AvgIpc) is 2.82. The summed E-state index contributed by atoms with van der Waals surface area (Å²) in [5.74, 6) is 0. The fourth-order valence-corrected chi connectivity index (χ4v) is 13.9. The fraction of sp³-hybridized carbons (Fsp3) is 1.00. The van der Waals surface area contributed by atoms with Gasteiger partial charge in [0.2, 0.25) is 0 Å². The van der Waals surface area contributed by atoms with E-state index in [4.69, 9.17) is 8.15 Å². The van der Waals surface area contributed by atoms with Crippen LogP contribution >= 0.6 is 6.83 Å². The molecule has 0 spiro atoms. The van der Waals surface area contributed by atoms with Crippen LogP contribution in [0.3, 0.4) is 0 Å². The van der Waals surface area contributed by atoms with Gasteiger partial charge in [-0.3, -0.25) is 0 Å². The zero-order chi connectivity index (χ0) is 26.3. The van der Waals surface area contributed by atoms with Crippen LogP contribution in [0.15, 0.2) is 0 Å². The van der Waals surface area contributed by atoms with Crippen molar-refractivity contribution in [3.05, 3.63) is 0 Å². The van der Waals surface area contributed by atoms with Crippen LogP contribution in [0.4, 0.5) is 0 Å².